The first-order chi connectivity index (χ1) is 31.1. The maximum Gasteiger partial charge on any atom is 0.251 e. The number of nitrogens with zero attached hydrogens (tertiary/aromatic N) is 1. The molecule has 0 fully saturated rings. The molecule has 5 amide bonds. The fourth-order valence-corrected chi connectivity index (χ4v) is 7.45. The van der Waals surface area contributed by atoms with E-state index in [2.05, 4.69) is 21.3 Å². The number of nitrogens with one attached hydrogen (secondary N) is 5. The molecule has 65 heavy (non-hydrogen) atoms. The molecule has 0 aliphatic carbocycles. The van der Waals surface area contributed by atoms with E-state index in [4.69, 9.17) is 43.7 Å². The lowest BCUT2D eigenvalue weighted by molar-refractivity contribution is -0.141. The van der Waals surface area contributed by atoms with Crippen molar-refractivity contribution in [3.63, 3.8) is 0 Å². The molecule has 1 aliphatic rings. The quantitative estimate of drug-likeness (QED) is 0.0528. The largest absolute Gasteiger partial charge is 0.492 e. The Morgan fingerprint density at radius 2 is 1.42 bits per heavy atom. The molecule has 4 bridgehead atoms. The van der Waals surface area contributed by atoms with E-state index >= 15 is 0 Å². The average Bonchev–Trinajstić information content (AvgIpc) is 3.29. The number of unbranched alkanes of at least 4 members (excludes halogenated alkanes) is 1. The Kier molecular flexibility index (Phi) is 18.0. The molecule has 0 aromatic heterocycles. The zero-order valence-corrected chi connectivity index (χ0v) is 38.0. The van der Waals surface area contributed by atoms with Gasteiger partial charge in [-0.25, -0.2) is 0 Å². The maximum absolute atomic E-state index is 14.8. The van der Waals surface area contributed by atoms with Gasteiger partial charge in [0.2, 0.25) is 23.6 Å². The third-order valence-corrected chi connectivity index (χ3v) is 11.3. The topological polar surface area (TPSA) is 257 Å². The molecule has 11 N–H and O–H groups in total. The van der Waals surface area contributed by atoms with Gasteiger partial charge in [0.25, 0.3) is 5.91 Å². The number of carbonyl (C=O) groups is 5. The van der Waals surface area contributed by atoms with Gasteiger partial charge in [0, 0.05) is 54.0 Å². The molecule has 4 aromatic carbocycles. The van der Waals surface area contributed by atoms with E-state index in [9.17, 15) is 24.0 Å². The number of halogens is 1. The van der Waals surface area contributed by atoms with Crippen molar-refractivity contribution in [2.45, 2.75) is 76.7 Å². The number of likely N-dealkylation sites (N-methyl/N-ethyl adjacent to an activating group) is 1. The van der Waals surface area contributed by atoms with Crippen LogP contribution < -0.4 is 47.9 Å². The number of carbonyl (C=O) groups excluding carboxylic acids is 5. The number of amides is 5. The lowest BCUT2D eigenvalue weighted by Crippen LogP contribution is -2.56. The Bertz CT molecular complexity index is 2330. The Labute approximate surface area is 384 Å². The second kappa shape index (κ2) is 23.6. The lowest BCUT2D eigenvalue weighted by Gasteiger charge is -2.33. The number of hydrogen-bond acceptors (Lipinski definition) is 11. The number of hydrogen-bond donors (Lipinski definition) is 8. The second-order valence-corrected chi connectivity index (χ2v) is 16.5. The Morgan fingerprint density at radius 3 is 2.02 bits per heavy atom. The van der Waals surface area contributed by atoms with Crippen LogP contribution >= 0.6 is 11.6 Å². The highest BCUT2D eigenvalue weighted by molar-refractivity contribution is 6.30. The summed E-state index contributed by atoms with van der Waals surface area (Å²) in [7, 11) is 1.46. The van der Waals surface area contributed by atoms with Gasteiger partial charge in [0.05, 0.1) is 6.04 Å². The molecule has 17 heteroatoms. The van der Waals surface area contributed by atoms with Crippen molar-refractivity contribution < 1.29 is 33.4 Å². The summed E-state index contributed by atoms with van der Waals surface area (Å²) in [4.78, 5) is 72.2. The third kappa shape index (κ3) is 13.1. The molecule has 0 radical (unpaired) electrons. The predicted molar refractivity (Wildman–Crippen MR) is 252 cm³/mol. The van der Waals surface area contributed by atoms with Crippen LogP contribution in [0.1, 0.15) is 67.6 Å². The van der Waals surface area contributed by atoms with Gasteiger partial charge in [-0.3, -0.25) is 24.0 Å². The van der Waals surface area contributed by atoms with E-state index in [1.165, 1.54) is 18.9 Å². The molecule has 0 saturated carbocycles. The minimum atomic E-state index is -1.36. The summed E-state index contributed by atoms with van der Waals surface area (Å²) in [5.74, 6) is -2.16. The van der Waals surface area contributed by atoms with E-state index in [0.29, 0.717) is 63.7 Å². The van der Waals surface area contributed by atoms with Crippen LogP contribution in [0.5, 0.6) is 11.5 Å². The number of nitrogens with two attached hydrogens (primary N) is 3. The molecular formula is C48H60ClN9O7. The Morgan fingerprint density at radius 1 is 0.815 bits per heavy atom. The minimum Gasteiger partial charge on any atom is -0.492 e. The van der Waals surface area contributed by atoms with Crippen molar-refractivity contribution in [2.75, 3.05) is 39.9 Å². The van der Waals surface area contributed by atoms with Crippen LogP contribution in [-0.4, -0.2) is 104 Å². The van der Waals surface area contributed by atoms with Gasteiger partial charge in [0.15, 0.2) is 0 Å². The standard InChI is InChI=1S/C48H60ClN9O7/c1-28(53)29(2)54-46(61)40-26-31-8-18-41(64-23-21-51)37(25-31)38-27-35(15-19-42(38)65-24-22-52)43(47(62)55-30(3)44(59)57-40)58(4)48(63)39(7-5-6-20-50)56-45(60)34-11-9-32(10-12-34)33-13-16-36(49)17-14-33/h8-19,25,27,29-30,39-40,43,53H,5-7,20-24,26,50-52H2,1-4H3,(H,54,61)(H,55,62)(H,56,60)(H,57,59). The van der Waals surface area contributed by atoms with Crippen LogP contribution in [0.4, 0.5) is 0 Å². The first kappa shape index (κ1) is 49.7. The normalized spacial score (nSPS) is 17.0. The smallest absolute Gasteiger partial charge is 0.251 e. The second-order valence-electron chi connectivity index (χ2n) is 16.0. The Hall–Kier alpha value is -6.33. The molecule has 5 atom stereocenters. The summed E-state index contributed by atoms with van der Waals surface area (Å²) < 4.78 is 12.3. The molecule has 5 rings (SSSR count). The highest BCUT2D eigenvalue weighted by atomic mass is 35.5. The van der Waals surface area contributed by atoms with E-state index in [1.54, 1.807) is 80.6 Å². The minimum absolute atomic E-state index is 0.0362. The van der Waals surface area contributed by atoms with Crippen molar-refractivity contribution in [1.82, 2.24) is 26.2 Å². The van der Waals surface area contributed by atoms with Crippen molar-refractivity contribution in [1.29, 1.82) is 5.41 Å². The van der Waals surface area contributed by atoms with E-state index in [-0.39, 0.29) is 44.9 Å². The van der Waals surface area contributed by atoms with Gasteiger partial charge < -0.3 is 58.3 Å². The molecule has 0 spiro atoms. The summed E-state index contributed by atoms with van der Waals surface area (Å²) in [6.07, 6.45) is 1.33. The van der Waals surface area contributed by atoms with Crippen molar-refractivity contribution in [3.05, 3.63) is 107 Å². The summed E-state index contributed by atoms with van der Waals surface area (Å²) in [5.41, 5.74) is 21.9. The van der Waals surface area contributed by atoms with Crippen molar-refractivity contribution in [2.24, 2.45) is 17.2 Å². The van der Waals surface area contributed by atoms with Crippen LogP contribution in [-0.2, 0) is 25.6 Å². The van der Waals surface area contributed by atoms with Crippen LogP contribution in [0, 0.1) is 5.41 Å². The molecule has 0 saturated heterocycles. The van der Waals surface area contributed by atoms with Gasteiger partial charge in [-0.1, -0.05) is 48.0 Å². The highest BCUT2D eigenvalue weighted by Gasteiger charge is 2.36. The van der Waals surface area contributed by atoms with Crippen LogP contribution in [0.2, 0.25) is 5.02 Å². The zero-order chi connectivity index (χ0) is 47.2. The van der Waals surface area contributed by atoms with Gasteiger partial charge >= 0.3 is 0 Å². The molecule has 4 aromatic rings. The molecule has 346 valence electrons. The number of ether oxygens (including phenoxy) is 2. The van der Waals surface area contributed by atoms with Gasteiger partial charge in [-0.2, -0.15) is 0 Å². The maximum atomic E-state index is 14.8. The number of benzene rings is 4. The third-order valence-electron chi connectivity index (χ3n) is 11.1. The number of rotatable bonds is 18. The highest BCUT2D eigenvalue weighted by Crippen LogP contribution is 2.40. The summed E-state index contributed by atoms with van der Waals surface area (Å²) in [5, 5.41) is 19.9. The summed E-state index contributed by atoms with van der Waals surface area (Å²) in [6.45, 7) is 5.80. The zero-order valence-electron chi connectivity index (χ0n) is 37.2. The van der Waals surface area contributed by atoms with Gasteiger partial charge in [-0.15, -0.1) is 0 Å². The SMILES string of the molecule is CC(=N)C(C)NC(=O)C1Cc2ccc(OCCN)c(c2)-c2cc(ccc2OCCN)C(N(C)C(=O)C(CCCCN)NC(=O)c2ccc(-c3ccc(Cl)cc3)cc2)C(=O)NC(C)C(=O)N1. The fourth-order valence-electron chi connectivity index (χ4n) is 7.33. The lowest BCUT2D eigenvalue weighted by atomic mass is 9.93. The van der Waals surface area contributed by atoms with Crippen molar-refractivity contribution in [3.8, 4) is 33.8 Å². The van der Waals surface area contributed by atoms with E-state index in [1.807, 2.05) is 18.2 Å². The van der Waals surface area contributed by atoms with Crippen molar-refractivity contribution >= 4 is 46.8 Å². The fraction of sp³-hybridized carbons (Fsp3) is 0.375. The molecule has 1 heterocycles. The number of fused-ring (bicyclic) bond motifs is 5. The van der Waals surface area contributed by atoms with E-state index < -0.39 is 59.7 Å². The predicted octanol–water partition coefficient (Wildman–Crippen LogP) is 3.87. The van der Waals surface area contributed by atoms with E-state index in [0.717, 1.165) is 11.1 Å². The van der Waals surface area contributed by atoms with Gasteiger partial charge in [0.1, 0.15) is 48.9 Å². The van der Waals surface area contributed by atoms with Crippen LogP contribution in [0.15, 0.2) is 84.9 Å². The first-order valence-electron chi connectivity index (χ1n) is 21.7. The molecule has 16 nitrogen and oxygen atoms in total. The average molecular weight is 911 g/mol. The monoisotopic (exact) mass is 909 g/mol. The summed E-state index contributed by atoms with van der Waals surface area (Å²) in [6, 6.07) is 19.3. The van der Waals surface area contributed by atoms with Gasteiger partial charge in [-0.05, 0) is 117 Å². The molecular weight excluding hydrogens is 850 g/mol. The molecule has 5 unspecified atom stereocenters. The summed E-state index contributed by atoms with van der Waals surface area (Å²) >= 11 is 6.07. The van der Waals surface area contributed by atoms with Crippen LogP contribution in [0.3, 0.4) is 0 Å². The first-order valence-corrected chi connectivity index (χ1v) is 22.1. The molecule has 1 aliphatic heterocycles. The Balaban J connectivity index is 1.59. The van der Waals surface area contributed by atoms with Crippen LogP contribution in [0.25, 0.3) is 22.3 Å².